The van der Waals surface area contributed by atoms with E-state index in [0.29, 0.717) is 29.1 Å². The van der Waals surface area contributed by atoms with E-state index in [1.165, 1.54) is 12.1 Å². The molecule has 0 unspecified atom stereocenters. The molecule has 0 bridgehead atoms. The molecule has 0 aliphatic rings. The zero-order chi connectivity index (χ0) is 15.7. The Bertz CT molecular complexity index is 902. The molecule has 1 N–H and O–H groups in total. The van der Waals surface area contributed by atoms with E-state index in [9.17, 15) is 9.18 Å². The van der Waals surface area contributed by atoms with Crippen LogP contribution < -0.4 is 10.9 Å². The molecule has 0 saturated heterocycles. The number of nitrogens with one attached hydrogen (secondary N) is 1. The molecule has 4 nitrogen and oxygen atoms in total. The van der Waals surface area contributed by atoms with Gasteiger partial charge >= 0.3 is 0 Å². The van der Waals surface area contributed by atoms with Gasteiger partial charge in [-0.1, -0.05) is 12.1 Å². The van der Waals surface area contributed by atoms with Crippen LogP contribution in [-0.4, -0.2) is 9.38 Å². The highest BCUT2D eigenvalue weighted by molar-refractivity contribution is 5.46. The van der Waals surface area contributed by atoms with E-state index in [1.54, 1.807) is 29.5 Å². The van der Waals surface area contributed by atoms with E-state index in [4.69, 9.17) is 0 Å². The van der Waals surface area contributed by atoms with Gasteiger partial charge < -0.3 is 5.32 Å². The van der Waals surface area contributed by atoms with Crippen molar-refractivity contribution in [2.24, 2.45) is 0 Å². The molecule has 112 valence electrons. The molecule has 3 aromatic rings. The van der Waals surface area contributed by atoms with Gasteiger partial charge in [0, 0.05) is 17.4 Å². The SMILES string of the molecule is Cc1ccc(NCc2cc(=O)n3c(C)cccc3n2)cc1F. The zero-order valence-corrected chi connectivity index (χ0v) is 12.4. The van der Waals surface area contributed by atoms with Gasteiger partial charge in [0.25, 0.3) is 5.56 Å². The third-order valence-corrected chi connectivity index (χ3v) is 3.58. The quantitative estimate of drug-likeness (QED) is 0.808. The van der Waals surface area contributed by atoms with Crippen molar-refractivity contribution in [3.05, 3.63) is 75.6 Å². The number of hydrogen-bond acceptors (Lipinski definition) is 3. The van der Waals surface area contributed by atoms with Crippen LogP contribution in [0.5, 0.6) is 0 Å². The number of aryl methyl sites for hydroxylation is 2. The second-order valence-corrected chi connectivity index (χ2v) is 5.26. The van der Waals surface area contributed by atoms with Crippen molar-refractivity contribution in [3.63, 3.8) is 0 Å². The van der Waals surface area contributed by atoms with Gasteiger partial charge in [-0.3, -0.25) is 9.20 Å². The first-order chi connectivity index (χ1) is 10.5. The average molecular weight is 297 g/mol. The largest absolute Gasteiger partial charge is 0.379 e. The van der Waals surface area contributed by atoms with Gasteiger partial charge in [-0.25, -0.2) is 9.37 Å². The molecule has 0 aliphatic carbocycles. The summed E-state index contributed by atoms with van der Waals surface area (Å²) in [6.07, 6.45) is 0. The number of hydrogen-bond donors (Lipinski definition) is 1. The lowest BCUT2D eigenvalue weighted by atomic mass is 10.2. The molecule has 0 atom stereocenters. The van der Waals surface area contributed by atoms with E-state index < -0.39 is 0 Å². The first-order valence-electron chi connectivity index (χ1n) is 7.03. The Kier molecular flexibility index (Phi) is 3.63. The number of benzene rings is 1. The summed E-state index contributed by atoms with van der Waals surface area (Å²) < 4.78 is 15.1. The molecule has 0 radical (unpaired) electrons. The highest BCUT2D eigenvalue weighted by atomic mass is 19.1. The van der Waals surface area contributed by atoms with Crippen LogP contribution in [0.4, 0.5) is 10.1 Å². The van der Waals surface area contributed by atoms with Crippen molar-refractivity contribution in [1.82, 2.24) is 9.38 Å². The van der Waals surface area contributed by atoms with E-state index in [2.05, 4.69) is 10.3 Å². The molecule has 1 aromatic carbocycles. The zero-order valence-electron chi connectivity index (χ0n) is 12.4. The third-order valence-electron chi connectivity index (χ3n) is 3.58. The minimum atomic E-state index is -0.257. The summed E-state index contributed by atoms with van der Waals surface area (Å²) in [5.41, 5.74) is 3.22. The Morgan fingerprint density at radius 1 is 1.18 bits per heavy atom. The van der Waals surface area contributed by atoms with E-state index in [0.717, 1.165) is 5.69 Å². The highest BCUT2D eigenvalue weighted by Gasteiger charge is 2.05. The van der Waals surface area contributed by atoms with E-state index in [-0.39, 0.29) is 11.4 Å². The van der Waals surface area contributed by atoms with E-state index in [1.807, 2.05) is 19.1 Å². The highest BCUT2D eigenvalue weighted by Crippen LogP contribution is 2.14. The Balaban J connectivity index is 1.88. The summed E-state index contributed by atoms with van der Waals surface area (Å²) in [4.78, 5) is 16.6. The summed E-state index contributed by atoms with van der Waals surface area (Å²) in [7, 11) is 0. The molecule has 0 spiro atoms. The minimum Gasteiger partial charge on any atom is -0.379 e. The fourth-order valence-electron chi connectivity index (χ4n) is 2.35. The number of nitrogens with zero attached hydrogens (tertiary/aromatic N) is 2. The lowest BCUT2D eigenvalue weighted by Gasteiger charge is -2.09. The Hall–Kier alpha value is -2.69. The summed E-state index contributed by atoms with van der Waals surface area (Å²) in [5.74, 6) is -0.257. The predicted molar refractivity (Wildman–Crippen MR) is 84.7 cm³/mol. The monoisotopic (exact) mass is 297 g/mol. The third kappa shape index (κ3) is 2.70. The van der Waals surface area contributed by atoms with Crippen LogP contribution >= 0.6 is 0 Å². The van der Waals surface area contributed by atoms with Crippen molar-refractivity contribution in [2.45, 2.75) is 20.4 Å². The van der Waals surface area contributed by atoms with Crippen LogP contribution in [0, 0.1) is 19.7 Å². The summed E-state index contributed by atoms with van der Waals surface area (Å²) >= 11 is 0. The molecule has 0 fully saturated rings. The van der Waals surface area contributed by atoms with Gasteiger partial charge in [-0.15, -0.1) is 0 Å². The van der Waals surface area contributed by atoms with Crippen LogP contribution in [0.1, 0.15) is 17.0 Å². The van der Waals surface area contributed by atoms with Crippen LogP contribution in [-0.2, 0) is 6.54 Å². The number of halogens is 1. The van der Waals surface area contributed by atoms with E-state index >= 15 is 0 Å². The molecule has 0 amide bonds. The maximum Gasteiger partial charge on any atom is 0.258 e. The number of anilines is 1. The normalized spacial score (nSPS) is 10.9. The van der Waals surface area contributed by atoms with Crippen LogP contribution in [0.15, 0.2) is 47.3 Å². The Morgan fingerprint density at radius 2 is 2.00 bits per heavy atom. The molecule has 5 heteroatoms. The molecule has 0 saturated carbocycles. The molecule has 3 rings (SSSR count). The van der Waals surface area contributed by atoms with Gasteiger partial charge in [0.05, 0.1) is 12.2 Å². The average Bonchev–Trinajstić information content (AvgIpc) is 2.48. The molecular weight excluding hydrogens is 281 g/mol. The van der Waals surface area contributed by atoms with Crippen LogP contribution in [0.3, 0.4) is 0 Å². The van der Waals surface area contributed by atoms with Crippen molar-refractivity contribution >= 4 is 11.3 Å². The Labute approximate surface area is 127 Å². The number of pyridine rings is 1. The van der Waals surface area contributed by atoms with Crippen molar-refractivity contribution in [2.75, 3.05) is 5.32 Å². The lowest BCUT2D eigenvalue weighted by molar-refractivity contribution is 0.619. The molecule has 0 aliphatic heterocycles. The Morgan fingerprint density at radius 3 is 2.77 bits per heavy atom. The fraction of sp³-hybridized carbons (Fsp3) is 0.176. The summed E-state index contributed by atoms with van der Waals surface area (Å²) in [5, 5.41) is 3.08. The lowest BCUT2D eigenvalue weighted by Crippen LogP contribution is -2.18. The second kappa shape index (κ2) is 5.60. The predicted octanol–water partition coefficient (Wildman–Crippen LogP) is 3.06. The standard InChI is InChI=1S/C17H16FN3O/c1-11-6-7-13(8-15(11)18)19-10-14-9-17(22)21-12(2)4-3-5-16(21)20-14/h3-9,19H,10H2,1-2H3. The summed E-state index contributed by atoms with van der Waals surface area (Å²) in [6, 6.07) is 12.0. The maximum absolute atomic E-state index is 13.5. The van der Waals surface area contributed by atoms with Gasteiger partial charge in [-0.2, -0.15) is 0 Å². The number of aromatic nitrogens is 2. The molecule has 2 aromatic heterocycles. The van der Waals surface area contributed by atoms with Crippen LogP contribution in [0.2, 0.25) is 0 Å². The van der Waals surface area contributed by atoms with Gasteiger partial charge in [-0.05, 0) is 43.7 Å². The van der Waals surface area contributed by atoms with Crippen molar-refractivity contribution in [3.8, 4) is 0 Å². The minimum absolute atomic E-state index is 0.116. The first-order valence-corrected chi connectivity index (χ1v) is 7.03. The second-order valence-electron chi connectivity index (χ2n) is 5.26. The maximum atomic E-state index is 13.5. The number of fused-ring (bicyclic) bond motifs is 1. The number of rotatable bonds is 3. The van der Waals surface area contributed by atoms with Gasteiger partial charge in [0.15, 0.2) is 0 Å². The molecule has 2 heterocycles. The first kappa shape index (κ1) is 14.3. The fourth-order valence-corrected chi connectivity index (χ4v) is 2.35. The smallest absolute Gasteiger partial charge is 0.258 e. The molecule has 22 heavy (non-hydrogen) atoms. The topological polar surface area (TPSA) is 46.4 Å². The summed E-state index contributed by atoms with van der Waals surface area (Å²) in [6.45, 7) is 3.94. The van der Waals surface area contributed by atoms with Gasteiger partial charge in [0.1, 0.15) is 11.5 Å². The van der Waals surface area contributed by atoms with Gasteiger partial charge in [0.2, 0.25) is 0 Å². The molecular formula is C17H16FN3O. The van der Waals surface area contributed by atoms with Crippen LogP contribution in [0.25, 0.3) is 5.65 Å². The van der Waals surface area contributed by atoms with Crippen molar-refractivity contribution < 1.29 is 4.39 Å². The van der Waals surface area contributed by atoms with Crippen molar-refractivity contribution in [1.29, 1.82) is 0 Å².